The third-order valence-corrected chi connectivity index (χ3v) is 2.65. The van der Waals surface area contributed by atoms with Crippen LogP contribution in [0, 0.1) is 0 Å². The summed E-state index contributed by atoms with van der Waals surface area (Å²) in [7, 11) is 1.34. The molecule has 5 heteroatoms. The number of ether oxygens (including phenoxy) is 1. The topological polar surface area (TPSA) is 72.6 Å². The molecule has 1 unspecified atom stereocenters. The van der Waals surface area contributed by atoms with Gasteiger partial charge >= 0.3 is 5.97 Å². The summed E-state index contributed by atoms with van der Waals surface area (Å²) >= 11 is 0. The zero-order valence-corrected chi connectivity index (χ0v) is 10.2. The Bertz CT molecular complexity index is 283. The highest BCUT2D eigenvalue weighted by atomic mass is 16.5. The van der Waals surface area contributed by atoms with Gasteiger partial charge in [0.1, 0.15) is 6.04 Å². The van der Waals surface area contributed by atoms with Crippen molar-refractivity contribution in [3.05, 3.63) is 0 Å². The van der Waals surface area contributed by atoms with Gasteiger partial charge in [0.2, 0.25) is 5.91 Å². The van der Waals surface area contributed by atoms with Gasteiger partial charge in [-0.1, -0.05) is 0 Å². The van der Waals surface area contributed by atoms with Crippen LogP contribution < -0.4 is 5.73 Å². The van der Waals surface area contributed by atoms with Crippen molar-refractivity contribution in [3.63, 3.8) is 0 Å². The average molecular weight is 228 g/mol. The van der Waals surface area contributed by atoms with E-state index >= 15 is 0 Å². The second kappa shape index (κ2) is 4.82. The Kier molecular flexibility index (Phi) is 3.91. The van der Waals surface area contributed by atoms with Gasteiger partial charge in [-0.05, 0) is 26.7 Å². The second-order valence-electron chi connectivity index (χ2n) is 4.93. The van der Waals surface area contributed by atoms with E-state index in [1.807, 2.05) is 0 Å². The highest BCUT2D eigenvalue weighted by molar-refractivity contribution is 5.85. The Morgan fingerprint density at radius 3 is 2.62 bits per heavy atom. The van der Waals surface area contributed by atoms with Crippen molar-refractivity contribution in [1.82, 2.24) is 4.90 Å². The fourth-order valence-corrected chi connectivity index (χ4v) is 1.94. The highest BCUT2D eigenvalue weighted by Gasteiger charge is 2.35. The summed E-state index contributed by atoms with van der Waals surface area (Å²) in [6, 6.07) is -0.417. The van der Waals surface area contributed by atoms with Crippen molar-refractivity contribution in [2.75, 3.05) is 13.7 Å². The van der Waals surface area contributed by atoms with Crippen molar-refractivity contribution in [3.8, 4) is 0 Å². The minimum atomic E-state index is -0.541. The lowest BCUT2D eigenvalue weighted by molar-refractivity contribution is -0.151. The first-order valence-electron chi connectivity index (χ1n) is 5.51. The van der Waals surface area contributed by atoms with Gasteiger partial charge in [0.15, 0.2) is 0 Å². The zero-order valence-electron chi connectivity index (χ0n) is 10.2. The third-order valence-electron chi connectivity index (χ3n) is 2.65. The lowest BCUT2D eigenvalue weighted by atomic mass is 10.0. The van der Waals surface area contributed by atoms with Gasteiger partial charge in [0.25, 0.3) is 0 Å². The molecule has 0 aromatic carbocycles. The molecule has 0 bridgehead atoms. The third kappa shape index (κ3) is 3.20. The Morgan fingerprint density at radius 1 is 1.50 bits per heavy atom. The summed E-state index contributed by atoms with van der Waals surface area (Å²) in [5.41, 5.74) is 5.25. The van der Waals surface area contributed by atoms with Crippen LogP contribution in [0.15, 0.2) is 0 Å². The molecular formula is C11H20N2O3. The fourth-order valence-electron chi connectivity index (χ4n) is 1.94. The smallest absolute Gasteiger partial charge is 0.328 e. The molecule has 1 fully saturated rings. The number of rotatable bonds is 3. The van der Waals surface area contributed by atoms with E-state index in [1.165, 1.54) is 7.11 Å². The minimum absolute atomic E-state index is 0.0691. The summed E-state index contributed by atoms with van der Waals surface area (Å²) in [4.78, 5) is 25.0. The molecule has 0 saturated carbocycles. The van der Waals surface area contributed by atoms with Crippen molar-refractivity contribution in [2.45, 2.75) is 44.7 Å². The van der Waals surface area contributed by atoms with Gasteiger partial charge in [0.05, 0.1) is 7.11 Å². The van der Waals surface area contributed by atoms with Crippen LogP contribution in [0.25, 0.3) is 0 Å². The first-order chi connectivity index (χ1) is 7.35. The molecule has 1 heterocycles. The van der Waals surface area contributed by atoms with E-state index in [9.17, 15) is 9.59 Å². The van der Waals surface area contributed by atoms with Crippen LogP contribution in [-0.4, -0.2) is 42.0 Å². The van der Waals surface area contributed by atoms with E-state index in [-0.39, 0.29) is 18.3 Å². The number of methoxy groups -OCH3 is 1. The van der Waals surface area contributed by atoms with Crippen molar-refractivity contribution >= 4 is 11.9 Å². The number of carbonyl (C=O) groups excluding carboxylic acids is 2. The Morgan fingerprint density at radius 2 is 2.12 bits per heavy atom. The average Bonchev–Trinajstić information content (AvgIpc) is 2.62. The molecule has 0 aromatic rings. The molecule has 1 saturated heterocycles. The molecule has 0 aliphatic carbocycles. The molecule has 1 aliphatic heterocycles. The van der Waals surface area contributed by atoms with Crippen LogP contribution in [0.1, 0.15) is 33.1 Å². The maximum Gasteiger partial charge on any atom is 0.328 e. The van der Waals surface area contributed by atoms with E-state index in [1.54, 1.807) is 18.7 Å². The Labute approximate surface area is 95.9 Å². The Hall–Kier alpha value is -1.10. The normalized spacial score (nSPS) is 21.0. The molecule has 1 aliphatic rings. The Balaban J connectivity index is 2.65. The number of carbonyl (C=O) groups is 2. The van der Waals surface area contributed by atoms with Crippen LogP contribution in [0.2, 0.25) is 0 Å². The number of esters is 1. The standard InChI is InChI=1S/C11H20N2O3/c1-11(2,12)7-9(14)13-6-4-5-8(13)10(15)16-3/h8H,4-7,12H2,1-3H3. The summed E-state index contributed by atoms with van der Waals surface area (Å²) in [5.74, 6) is -0.402. The predicted molar refractivity (Wildman–Crippen MR) is 59.6 cm³/mol. The van der Waals surface area contributed by atoms with Crippen LogP contribution >= 0.6 is 0 Å². The van der Waals surface area contributed by atoms with Gasteiger partial charge in [-0.2, -0.15) is 0 Å². The number of amides is 1. The zero-order chi connectivity index (χ0) is 12.3. The number of nitrogens with two attached hydrogens (primary N) is 1. The predicted octanol–water partition coefficient (Wildman–Crippen LogP) is 0.278. The molecule has 92 valence electrons. The second-order valence-corrected chi connectivity index (χ2v) is 4.93. The summed E-state index contributed by atoms with van der Waals surface area (Å²) < 4.78 is 4.68. The van der Waals surface area contributed by atoms with Gasteiger partial charge in [-0.25, -0.2) is 4.79 Å². The molecule has 0 spiro atoms. The molecule has 1 amide bonds. The van der Waals surface area contributed by atoms with E-state index in [0.717, 1.165) is 6.42 Å². The maximum atomic E-state index is 11.9. The van der Waals surface area contributed by atoms with Crippen LogP contribution in [0.3, 0.4) is 0 Å². The lowest BCUT2D eigenvalue weighted by Crippen LogP contribution is -2.45. The molecule has 1 rings (SSSR count). The van der Waals surface area contributed by atoms with E-state index in [2.05, 4.69) is 4.74 Å². The first-order valence-corrected chi connectivity index (χ1v) is 5.51. The molecule has 1 atom stereocenters. The van der Waals surface area contributed by atoms with Gasteiger partial charge in [0, 0.05) is 18.5 Å². The van der Waals surface area contributed by atoms with E-state index in [4.69, 9.17) is 5.73 Å². The monoisotopic (exact) mass is 228 g/mol. The number of hydrogen-bond acceptors (Lipinski definition) is 4. The van der Waals surface area contributed by atoms with Gasteiger partial charge < -0.3 is 15.4 Å². The molecule has 5 nitrogen and oxygen atoms in total. The van der Waals surface area contributed by atoms with Gasteiger partial charge in [-0.15, -0.1) is 0 Å². The molecule has 16 heavy (non-hydrogen) atoms. The minimum Gasteiger partial charge on any atom is -0.467 e. The van der Waals surface area contributed by atoms with Gasteiger partial charge in [-0.3, -0.25) is 4.79 Å². The van der Waals surface area contributed by atoms with Crippen molar-refractivity contribution < 1.29 is 14.3 Å². The quantitative estimate of drug-likeness (QED) is 0.704. The summed E-state index contributed by atoms with van der Waals surface area (Å²) in [5, 5.41) is 0. The molecule has 0 radical (unpaired) electrons. The maximum absolute atomic E-state index is 11.9. The van der Waals surface area contributed by atoms with Crippen molar-refractivity contribution in [2.24, 2.45) is 5.73 Å². The summed E-state index contributed by atoms with van der Waals surface area (Å²) in [6.07, 6.45) is 1.78. The SMILES string of the molecule is COC(=O)C1CCCN1C(=O)CC(C)(C)N. The lowest BCUT2D eigenvalue weighted by Gasteiger charge is -2.26. The van der Waals surface area contributed by atoms with Crippen LogP contribution in [0.4, 0.5) is 0 Å². The number of likely N-dealkylation sites (tertiary alicyclic amines) is 1. The molecule has 0 aromatic heterocycles. The van der Waals surface area contributed by atoms with Crippen LogP contribution in [0.5, 0.6) is 0 Å². The number of nitrogens with zero attached hydrogens (tertiary/aromatic N) is 1. The summed E-state index contributed by atoms with van der Waals surface area (Å²) in [6.45, 7) is 4.22. The highest BCUT2D eigenvalue weighted by Crippen LogP contribution is 2.20. The van der Waals surface area contributed by atoms with E-state index in [0.29, 0.717) is 13.0 Å². The van der Waals surface area contributed by atoms with Crippen molar-refractivity contribution in [1.29, 1.82) is 0 Å². The first kappa shape index (κ1) is 13.0. The fraction of sp³-hybridized carbons (Fsp3) is 0.818. The van der Waals surface area contributed by atoms with Crippen LogP contribution in [-0.2, 0) is 14.3 Å². The molecular weight excluding hydrogens is 208 g/mol. The molecule has 2 N–H and O–H groups in total. The van der Waals surface area contributed by atoms with E-state index < -0.39 is 11.6 Å². The largest absolute Gasteiger partial charge is 0.467 e. The number of hydrogen-bond donors (Lipinski definition) is 1.